The number of pyridine rings is 1. The Bertz CT molecular complexity index is 3590. The van der Waals surface area contributed by atoms with Crippen LogP contribution in [0.5, 0.6) is 0 Å². The van der Waals surface area contributed by atoms with Gasteiger partial charge in [0.1, 0.15) is 48.6 Å². The molecular formula is C62H66F2N12O15. The van der Waals surface area contributed by atoms with E-state index in [1.165, 1.54) is 28.2 Å². The predicted molar refractivity (Wildman–Crippen MR) is 318 cm³/mol. The predicted octanol–water partition coefficient (Wildman–Crippen LogP) is 4.05. The molecule has 5 aliphatic rings. The molecule has 6 heterocycles. The molecule has 0 spiro atoms. The van der Waals surface area contributed by atoms with E-state index in [4.69, 9.17) is 33.9 Å². The summed E-state index contributed by atoms with van der Waals surface area (Å²) in [6, 6.07) is 19.6. The van der Waals surface area contributed by atoms with Crippen LogP contribution in [0.2, 0.25) is 0 Å². The summed E-state index contributed by atoms with van der Waals surface area (Å²) in [5.41, 5.74) is 6.39. The van der Waals surface area contributed by atoms with E-state index in [1.807, 2.05) is 0 Å². The third-order valence-electron chi connectivity index (χ3n) is 15.4. The molecule has 4 fully saturated rings. The van der Waals surface area contributed by atoms with E-state index in [-0.39, 0.29) is 107 Å². The number of rotatable bonds is 29. The summed E-state index contributed by atoms with van der Waals surface area (Å²) in [7, 11) is 0. The number of anilines is 2. The first-order valence-electron chi connectivity index (χ1n) is 29.6. The Morgan fingerprint density at radius 2 is 1.63 bits per heavy atom. The number of alkyl halides is 2. The molecule has 0 bridgehead atoms. The van der Waals surface area contributed by atoms with Crippen molar-refractivity contribution in [3.05, 3.63) is 137 Å². The van der Waals surface area contributed by atoms with Gasteiger partial charge in [0.05, 0.1) is 73.9 Å². The van der Waals surface area contributed by atoms with Crippen LogP contribution in [0.15, 0.2) is 118 Å². The molecule has 29 heteroatoms. The number of amides is 7. The average Bonchev–Trinajstić information content (AvgIpc) is 1.69. The number of nitrogens with two attached hydrogens (primary N) is 1. The number of fused-ring (bicyclic) bond motifs is 1. The molecule has 2 aromatic heterocycles. The van der Waals surface area contributed by atoms with Gasteiger partial charge in [0.2, 0.25) is 29.5 Å². The van der Waals surface area contributed by atoms with Crippen LogP contribution in [0.3, 0.4) is 0 Å². The molecule has 4 atom stereocenters. The molecule has 27 nitrogen and oxygen atoms in total. The number of allylic oxidation sites excluding steroid dienone is 2. The molecule has 1 aliphatic carbocycles. The van der Waals surface area contributed by atoms with Gasteiger partial charge < -0.3 is 60.1 Å². The first-order valence-corrected chi connectivity index (χ1v) is 29.6. The van der Waals surface area contributed by atoms with Crippen molar-refractivity contribution in [3.8, 4) is 11.5 Å². The number of halogens is 2. The third kappa shape index (κ3) is 16.5. The molecule has 3 aromatic carbocycles. The fraction of sp³-hybridized carbons (Fsp3) is 0.387. The first kappa shape index (κ1) is 64.2. The number of carbonyl (C=O) groups excluding carboxylic acids is 9. The Labute approximate surface area is 519 Å². The second-order valence-corrected chi connectivity index (χ2v) is 21.8. The van der Waals surface area contributed by atoms with Gasteiger partial charge in [0, 0.05) is 56.5 Å². The Kier molecular flexibility index (Phi) is 21.2. The van der Waals surface area contributed by atoms with Crippen molar-refractivity contribution in [2.75, 3.05) is 76.5 Å². The number of nitrogens with one attached hydrogen (secondary N) is 5. The SMILES string of the molecule is NC(=C(C=Nc1ccc(CNC(=O)[C@@H]2C[C@@H](OC(=O)[C@@H]3CCCN3OC(=O)c3ccccc3)CN2C(=O)COCCOCCOCCNc2cccc3c2C(=O)N(C2CCC(=O)NC2=O)C3=O)cc1)NC(=O)c1coc(-c2ccnc(NCC3CC3)c2)n1)C(F)F. The average molecular weight is 1260 g/mol. The number of hydroxylamine groups is 2. The quantitative estimate of drug-likeness (QED) is 0.0170. The van der Waals surface area contributed by atoms with Crippen molar-refractivity contribution in [2.24, 2.45) is 16.6 Å². The molecule has 7 N–H and O–H groups in total. The van der Waals surface area contributed by atoms with Crippen LogP contribution in [0.1, 0.15) is 92.1 Å². The molecule has 7 amide bonds. The van der Waals surface area contributed by atoms with Gasteiger partial charge in [-0.3, -0.25) is 53.6 Å². The number of hydrogen-bond acceptors (Lipinski definition) is 22. The van der Waals surface area contributed by atoms with Crippen LogP contribution in [-0.2, 0) is 54.3 Å². The van der Waals surface area contributed by atoms with Crippen LogP contribution >= 0.6 is 0 Å². The Morgan fingerprint density at radius 3 is 2.38 bits per heavy atom. The smallest absolute Gasteiger partial charge is 0.357 e. The van der Waals surface area contributed by atoms with Crippen LogP contribution in [-0.4, -0.2) is 181 Å². The Balaban J connectivity index is 0.692. The summed E-state index contributed by atoms with van der Waals surface area (Å²) in [6.07, 6.45) is 2.67. The number of benzene rings is 3. The summed E-state index contributed by atoms with van der Waals surface area (Å²) in [4.78, 5) is 139. The molecule has 0 radical (unpaired) electrons. The maximum Gasteiger partial charge on any atom is 0.357 e. The van der Waals surface area contributed by atoms with Crippen molar-refractivity contribution in [2.45, 2.75) is 82.1 Å². The lowest BCUT2D eigenvalue weighted by Gasteiger charge is -2.27. The summed E-state index contributed by atoms with van der Waals surface area (Å²) in [6.45, 7) is 1.23. The van der Waals surface area contributed by atoms with Crippen LogP contribution < -0.4 is 32.3 Å². The molecule has 1 saturated carbocycles. The van der Waals surface area contributed by atoms with Crippen LogP contribution in [0.4, 0.5) is 26.0 Å². The van der Waals surface area contributed by atoms with E-state index in [0.29, 0.717) is 47.0 Å². The molecule has 4 aliphatic heterocycles. The fourth-order valence-electron chi connectivity index (χ4n) is 10.4. The van der Waals surface area contributed by atoms with Crippen molar-refractivity contribution in [1.82, 2.24) is 40.8 Å². The van der Waals surface area contributed by atoms with E-state index in [2.05, 4.69) is 41.5 Å². The Hall–Kier alpha value is -9.84. The van der Waals surface area contributed by atoms with E-state index in [0.717, 1.165) is 36.8 Å². The zero-order valence-corrected chi connectivity index (χ0v) is 49.1. The standard InChI is InChI=1S/C62H66F2N12O15/c63-54(64)53(65)44(71-55(79)45-34-89-58(72-45)39-19-20-67-49(28-39)69-30-36-11-12-36)32-68-40-15-13-37(14-16-40)31-70-56(80)48-29-41(90-62(85)47-10-5-22-75(47)91-61(84)38-6-2-1-3-7-38)33-74(48)51(78)35-88-27-26-87-25-24-86-23-21-66-43-9-4-8-42-52(43)60(83)76(59(42)82)46-17-18-50(77)73-57(46)81/h1-4,6-9,13-16,19-20,28,32,34,36,41,46-48,54,66H,5,10-12,17-18,21-27,29-31,33,35,65H2,(H,67,69)(H,70,80)(H,71,79)(H,73,77,81)/t41-,46?,47+,48+/m1/s1. The van der Waals surface area contributed by atoms with Crippen LogP contribution in [0, 0.1) is 5.92 Å². The highest BCUT2D eigenvalue weighted by Gasteiger charge is 2.46. The van der Waals surface area contributed by atoms with Crippen molar-refractivity contribution < 1.29 is 80.1 Å². The number of hydrogen-bond donors (Lipinski definition) is 6. The zero-order valence-electron chi connectivity index (χ0n) is 49.1. The molecule has 1 unspecified atom stereocenters. The number of aromatic nitrogens is 2. The lowest BCUT2D eigenvalue weighted by Crippen LogP contribution is -2.54. The highest BCUT2D eigenvalue weighted by Crippen LogP contribution is 2.33. The molecular weight excluding hydrogens is 1190 g/mol. The largest absolute Gasteiger partial charge is 0.459 e. The molecule has 478 valence electrons. The number of aliphatic imine (C=N–C) groups is 1. The van der Waals surface area contributed by atoms with Gasteiger partial charge in [-0.25, -0.2) is 23.5 Å². The normalized spacial score (nSPS) is 19.3. The van der Waals surface area contributed by atoms with Crippen LogP contribution in [0.25, 0.3) is 11.5 Å². The number of esters is 1. The number of likely N-dealkylation sites (tertiary alicyclic amines) is 1. The highest BCUT2D eigenvalue weighted by molar-refractivity contribution is 6.25. The van der Waals surface area contributed by atoms with Crippen molar-refractivity contribution in [3.63, 3.8) is 0 Å². The van der Waals surface area contributed by atoms with E-state index >= 15 is 0 Å². The molecule has 10 rings (SSSR count). The van der Waals surface area contributed by atoms with Crippen molar-refractivity contribution >= 4 is 76.7 Å². The topological polar surface area (TPSA) is 347 Å². The van der Waals surface area contributed by atoms with Gasteiger partial charge in [0.15, 0.2) is 5.69 Å². The number of piperidine rings is 1. The maximum absolute atomic E-state index is 14.0. The summed E-state index contributed by atoms with van der Waals surface area (Å²) >= 11 is 0. The second-order valence-electron chi connectivity index (χ2n) is 21.8. The number of ether oxygens (including phenoxy) is 4. The lowest BCUT2D eigenvalue weighted by atomic mass is 10.0. The molecule has 3 saturated heterocycles. The van der Waals surface area contributed by atoms with Gasteiger partial charge in [-0.2, -0.15) is 0 Å². The fourth-order valence-corrected chi connectivity index (χ4v) is 10.4. The number of nitrogens with zero attached hydrogens (tertiary/aromatic N) is 6. The minimum Gasteiger partial charge on any atom is -0.459 e. The maximum atomic E-state index is 14.0. The Morgan fingerprint density at radius 1 is 0.857 bits per heavy atom. The minimum atomic E-state index is -3.16. The van der Waals surface area contributed by atoms with E-state index < -0.39 is 102 Å². The number of carbonyl (C=O) groups is 9. The summed E-state index contributed by atoms with van der Waals surface area (Å²) < 4.78 is 56.3. The zero-order chi connectivity index (χ0) is 64.0. The van der Waals surface area contributed by atoms with E-state index in [9.17, 15) is 51.9 Å². The first-order chi connectivity index (χ1) is 44.1. The van der Waals surface area contributed by atoms with Gasteiger partial charge >= 0.3 is 11.9 Å². The van der Waals surface area contributed by atoms with Gasteiger partial charge in [0.25, 0.3) is 24.1 Å². The monoisotopic (exact) mass is 1260 g/mol. The van der Waals surface area contributed by atoms with Gasteiger partial charge in [-0.1, -0.05) is 36.4 Å². The highest BCUT2D eigenvalue weighted by atomic mass is 19.3. The van der Waals surface area contributed by atoms with Gasteiger partial charge in [-0.05, 0) is 92.1 Å². The molecule has 5 aromatic rings. The van der Waals surface area contributed by atoms with E-state index in [1.54, 1.807) is 72.9 Å². The third-order valence-corrected chi connectivity index (χ3v) is 15.4. The molecule has 91 heavy (non-hydrogen) atoms. The van der Waals surface area contributed by atoms with Crippen molar-refractivity contribution in [1.29, 1.82) is 0 Å². The number of oxazole rings is 1. The minimum absolute atomic E-state index is 0.00181. The summed E-state index contributed by atoms with van der Waals surface area (Å²) in [5.74, 6) is -4.50. The second kappa shape index (κ2) is 30.1. The van der Waals surface area contributed by atoms with Gasteiger partial charge in [-0.15, -0.1) is 5.06 Å². The summed E-state index contributed by atoms with van der Waals surface area (Å²) in [5, 5.41) is 15.0. The number of imide groups is 2. The lowest BCUT2D eigenvalue weighted by molar-refractivity contribution is -0.173.